The van der Waals surface area contributed by atoms with Crippen LogP contribution >= 0.6 is 23.4 Å². The molecule has 1 aromatic heterocycles. The molecule has 1 aromatic carbocycles. The smallest absolute Gasteiger partial charge is 0.254 e. The first-order valence-corrected chi connectivity index (χ1v) is 9.22. The highest BCUT2D eigenvalue weighted by Gasteiger charge is 2.15. The molecule has 0 atom stereocenters. The van der Waals surface area contributed by atoms with Crippen LogP contribution in [0.5, 0.6) is 5.75 Å². The van der Waals surface area contributed by atoms with E-state index in [0.717, 1.165) is 60.0 Å². The van der Waals surface area contributed by atoms with E-state index >= 15 is 0 Å². The van der Waals surface area contributed by atoms with E-state index in [1.54, 1.807) is 11.8 Å². The number of nitrogens with one attached hydrogen (secondary N) is 1. The summed E-state index contributed by atoms with van der Waals surface area (Å²) in [5.74, 6) is 1.68. The lowest BCUT2D eigenvalue weighted by Gasteiger charge is -2.14. The zero-order valence-electron chi connectivity index (χ0n) is 12.8. The Labute approximate surface area is 144 Å². The molecule has 1 aliphatic carbocycles. The maximum absolute atomic E-state index is 12.0. The highest BCUT2D eigenvalue weighted by Crippen LogP contribution is 2.20. The maximum Gasteiger partial charge on any atom is 0.254 e. The van der Waals surface area contributed by atoms with Gasteiger partial charge in [0, 0.05) is 16.3 Å². The average molecular weight is 351 g/mol. The zero-order valence-corrected chi connectivity index (χ0v) is 14.4. The van der Waals surface area contributed by atoms with Crippen LogP contribution in [-0.2, 0) is 12.8 Å². The molecule has 4 nitrogen and oxygen atoms in total. The SMILES string of the molecule is O=c1[nH]c(SCCCOc2ccc(Cl)cc2)nc2c1CCCC2. The molecule has 0 saturated heterocycles. The number of thioether (sulfide) groups is 1. The van der Waals surface area contributed by atoms with Gasteiger partial charge < -0.3 is 9.72 Å². The largest absolute Gasteiger partial charge is 0.494 e. The third kappa shape index (κ3) is 4.52. The van der Waals surface area contributed by atoms with Gasteiger partial charge in [-0.15, -0.1) is 0 Å². The van der Waals surface area contributed by atoms with Crippen molar-refractivity contribution in [3.8, 4) is 5.75 Å². The number of hydrogen-bond acceptors (Lipinski definition) is 4. The van der Waals surface area contributed by atoms with Crippen molar-refractivity contribution in [1.29, 1.82) is 0 Å². The van der Waals surface area contributed by atoms with E-state index in [0.29, 0.717) is 11.6 Å². The standard InChI is InChI=1S/C17H19ClN2O2S/c18-12-6-8-13(9-7-12)22-10-3-11-23-17-19-15-5-2-1-4-14(15)16(21)20-17/h6-9H,1-5,10-11H2,(H,19,20,21). The molecule has 0 fully saturated rings. The first kappa shape index (κ1) is 16.4. The summed E-state index contributed by atoms with van der Waals surface area (Å²) in [6.07, 6.45) is 4.88. The van der Waals surface area contributed by atoms with Crippen molar-refractivity contribution in [3.05, 3.63) is 50.9 Å². The van der Waals surface area contributed by atoms with Gasteiger partial charge in [0.25, 0.3) is 5.56 Å². The van der Waals surface area contributed by atoms with Crippen LogP contribution in [-0.4, -0.2) is 22.3 Å². The number of nitrogens with zero attached hydrogens (tertiary/aromatic N) is 1. The summed E-state index contributed by atoms with van der Waals surface area (Å²) in [6.45, 7) is 0.629. The monoisotopic (exact) mass is 350 g/mol. The second-order valence-corrected chi connectivity index (χ2v) is 7.03. The first-order valence-electron chi connectivity index (χ1n) is 7.85. The van der Waals surface area contributed by atoms with Crippen molar-refractivity contribution in [2.75, 3.05) is 12.4 Å². The summed E-state index contributed by atoms with van der Waals surface area (Å²) in [6, 6.07) is 7.34. The Morgan fingerprint density at radius 2 is 2.00 bits per heavy atom. The van der Waals surface area contributed by atoms with E-state index in [1.807, 2.05) is 24.3 Å². The van der Waals surface area contributed by atoms with E-state index < -0.39 is 0 Å². The summed E-state index contributed by atoms with van der Waals surface area (Å²) >= 11 is 7.41. The van der Waals surface area contributed by atoms with Crippen LogP contribution in [0, 0.1) is 0 Å². The molecule has 122 valence electrons. The number of rotatable bonds is 6. The fraction of sp³-hybridized carbons (Fsp3) is 0.412. The quantitative estimate of drug-likeness (QED) is 0.488. The lowest BCUT2D eigenvalue weighted by atomic mass is 9.97. The van der Waals surface area contributed by atoms with Gasteiger partial charge in [-0.05, 0) is 56.4 Å². The number of halogens is 1. The number of fused-ring (bicyclic) bond motifs is 1. The molecule has 0 aliphatic heterocycles. The highest BCUT2D eigenvalue weighted by atomic mass is 35.5. The fourth-order valence-electron chi connectivity index (χ4n) is 2.60. The third-order valence-corrected chi connectivity index (χ3v) is 4.99. The predicted octanol–water partition coefficient (Wildman–Crippen LogP) is 3.86. The molecule has 1 heterocycles. The van der Waals surface area contributed by atoms with Crippen molar-refractivity contribution >= 4 is 23.4 Å². The van der Waals surface area contributed by atoms with Gasteiger partial charge in [0.15, 0.2) is 5.16 Å². The van der Waals surface area contributed by atoms with Crippen LogP contribution in [0.1, 0.15) is 30.5 Å². The molecular weight excluding hydrogens is 332 g/mol. The van der Waals surface area contributed by atoms with E-state index in [-0.39, 0.29) is 5.56 Å². The Morgan fingerprint density at radius 3 is 2.83 bits per heavy atom. The molecule has 0 saturated carbocycles. The van der Waals surface area contributed by atoms with Crippen LogP contribution in [0.3, 0.4) is 0 Å². The van der Waals surface area contributed by atoms with Crippen LogP contribution in [0.2, 0.25) is 5.02 Å². The minimum Gasteiger partial charge on any atom is -0.494 e. The molecule has 1 aliphatic rings. The van der Waals surface area contributed by atoms with Crippen molar-refractivity contribution in [1.82, 2.24) is 9.97 Å². The van der Waals surface area contributed by atoms with Gasteiger partial charge in [0.2, 0.25) is 0 Å². The Morgan fingerprint density at radius 1 is 1.22 bits per heavy atom. The number of ether oxygens (including phenoxy) is 1. The summed E-state index contributed by atoms with van der Waals surface area (Å²) in [5.41, 5.74) is 1.90. The van der Waals surface area contributed by atoms with Gasteiger partial charge in [0.1, 0.15) is 5.75 Å². The van der Waals surface area contributed by atoms with Gasteiger partial charge in [0.05, 0.1) is 12.3 Å². The molecule has 3 rings (SSSR count). The molecule has 23 heavy (non-hydrogen) atoms. The van der Waals surface area contributed by atoms with Crippen molar-refractivity contribution < 1.29 is 4.74 Å². The Hall–Kier alpha value is -1.46. The Bertz CT molecular complexity index is 716. The van der Waals surface area contributed by atoms with E-state index in [9.17, 15) is 4.79 Å². The maximum atomic E-state index is 12.0. The second-order valence-electron chi connectivity index (χ2n) is 5.51. The number of aryl methyl sites for hydroxylation is 1. The number of aromatic amines is 1. The molecule has 6 heteroatoms. The minimum atomic E-state index is 0.0367. The van der Waals surface area contributed by atoms with Crippen molar-refractivity contribution in [2.45, 2.75) is 37.3 Å². The third-order valence-electron chi connectivity index (χ3n) is 3.78. The lowest BCUT2D eigenvalue weighted by Crippen LogP contribution is -2.21. The molecule has 0 unspecified atom stereocenters. The normalized spacial score (nSPS) is 13.6. The molecule has 0 bridgehead atoms. The average Bonchev–Trinajstić information content (AvgIpc) is 2.56. The number of hydrogen-bond donors (Lipinski definition) is 1. The first-order chi connectivity index (χ1) is 11.2. The molecule has 0 radical (unpaired) electrons. The summed E-state index contributed by atoms with van der Waals surface area (Å²) < 4.78 is 5.65. The minimum absolute atomic E-state index is 0.0367. The molecule has 0 spiro atoms. The molecular formula is C17H19ClN2O2S. The highest BCUT2D eigenvalue weighted by molar-refractivity contribution is 7.99. The van der Waals surface area contributed by atoms with Crippen LogP contribution < -0.4 is 10.3 Å². The Balaban J connectivity index is 1.46. The van der Waals surface area contributed by atoms with E-state index in [2.05, 4.69) is 9.97 Å². The molecule has 2 aromatic rings. The van der Waals surface area contributed by atoms with Gasteiger partial charge in [-0.25, -0.2) is 4.98 Å². The lowest BCUT2D eigenvalue weighted by molar-refractivity contribution is 0.318. The molecule has 1 N–H and O–H groups in total. The van der Waals surface area contributed by atoms with Crippen LogP contribution in [0.25, 0.3) is 0 Å². The zero-order chi connectivity index (χ0) is 16.1. The van der Waals surface area contributed by atoms with E-state index in [1.165, 1.54) is 0 Å². The number of H-pyrrole nitrogens is 1. The Kier molecular flexibility index (Phi) is 5.62. The predicted molar refractivity (Wildman–Crippen MR) is 93.8 cm³/mol. The van der Waals surface area contributed by atoms with Crippen LogP contribution in [0.15, 0.2) is 34.2 Å². The topological polar surface area (TPSA) is 55.0 Å². The van der Waals surface area contributed by atoms with Crippen molar-refractivity contribution in [2.24, 2.45) is 0 Å². The fourth-order valence-corrected chi connectivity index (χ4v) is 3.52. The number of aromatic nitrogens is 2. The van der Waals surface area contributed by atoms with Gasteiger partial charge in [-0.2, -0.15) is 0 Å². The van der Waals surface area contributed by atoms with Gasteiger partial charge in [-0.3, -0.25) is 4.79 Å². The summed E-state index contributed by atoms with van der Waals surface area (Å²) in [5, 5.41) is 1.43. The van der Waals surface area contributed by atoms with Gasteiger partial charge in [-0.1, -0.05) is 23.4 Å². The van der Waals surface area contributed by atoms with Crippen LogP contribution in [0.4, 0.5) is 0 Å². The van der Waals surface area contributed by atoms with E-state index in [4.69, 9.17) is 16.3 Å². The summed E-state index contributed by atoms with van der Waals surface area (Å²) in [4.78, 5) is 19.5. The summed E-state index contributed by atoms with van der Waals surface area (Å²) in [7, 11) is 0. The number of benzene rings is 1. The second kappa shape index (κ2) is 7.88. The molecule has 0 amide bonds. The van der Waals surface area contributed by atoms with Crippen molar-refractivity contribution in [3.63, 3.8) is 0 Å². The van der Waals surface area contributed by atoms with Gasteiger partial charge >= 0.3 is 0 Å².